The topological polar surface area (TPSA) is 15.3 Å². The van der Waals surface area contributed by atoms with Crippen LogP contribution >= 0.6 is 0 Å². The molecular weight excluding hydrogens is 208 g/mol. The van der Waals surface area contributed by atoms with Gasteiger partial charge in [0.2, 0.25) is 0 Å². The van der Waals surface area contributed by atoms with Gasteiger partial charge in [-0.15, -0.1) is 0 Å². The summed E-state index contributed by atoms with van der Waals surface area (Å²) in [6, 6.07) is 12.4. The summed E-state index contributed by atoms with van der Waals surface area (Å²) in [4.78, 5) is 2.69. The Morgan fingerprint density at radius 1 is 1.29 bits per heavy atom. The predicted octanol–water partition coefficient (Wildman–Crippen LogP) is 1.91. The molecule has 1 heterocycles. The first kappa shape index (κ1) is 11.2. The molecule has 0 amide bonds. The second-order valence-corrected chi connectivity index (χ2v) is 5.62. The van der Waals surface area contributed by atoms with Crippen LogP contribution < -0.4 is 5.32 Å². The van der Waals surface area contributed by atoms with Crippen molar-refractivity contribution >= 4 is 0 Å². The van der Waals surface area contributed by atoms with E-state index in [2.05, 4.69) is 47.5 Å². The lowest BCUT2D eigenvalue weighted by molar-refractivity contribution is 0.184. The van der Waals surface area contributed by atoms with Crippen LogP contribution in [0.1, 0.15) is 18.9 Å². The molecule has 2 fully saturated rings. The fourth-order valence-electron chi connectivity index (χ4n) is 3.00. The average molecular weight is 230 g/mol. The molecule has 0 aromatic heterocycles. The van der Waals surface area contributed by atoms with Gasteiger partial charge in [0.05, 0.1) is 0 Å². The van der Waals surface area contributed by atoms with Crippen molar-refractivity contribution in [2.75, 3.05) is 19.6 Å². The first-order valence-corrected chi connectivity index (χ1v) is 6.84. The molecule has 1 saturated heterocycles. The van der Waals surface area contributed by atoms with E-state index in [9.17, 15) is 0 Å². The van der Waals surface area contributed by atoms with Gasteiger partial charge in [0, 0.05) is 31.7 Å². The molecular formula is C15H22N2. The maximum Gasteiger partial charge on any atom is 0.0236 e. The van der Waals surface area contributed by atoms with E-state index < -0.39 is 0 Å². The number of nitrogens with one attached hydrogen (secondary N) is 1. The Balaban J connectivity index is 1.57. The third-order valence-electron chi connectivity index (χ3n) is 4.15. The minimum atomic E-state index is 0.638. The standard InChI is InChI=1S/C15H22N2/c1-12-9-15(12)17-8-7-16-14(11-17)10-13-5-3-2-4-6-13/h2-6,12,14-16H,7-11H2,1H3. The summed E-state index contributed by atoms with van der Waals surface area (Å²) in [7, 11) is 0. The van der Waals surface area contributed by atoms with E-state index in [1.807, 2.05) is 0 Å². The molecule has 2 aliphatic rings. The van der Waals surface area contributed by atoms with Crippen molar-refractivity contribution in [3.63, 3.8) is 0 Å². The van der Waals surface area contributed by atoms with Crippen LogP contribution in [0, 0.1) is 5.92 Å². The molecule has 1 N–H and O–H groups in total. The lowest BCUT2D eigenvalue weighted by Gasteiger charge is -2.34. The second kappa shape index (κ2) is 4.79. The van der Waals surface area contributed by atoms with E-state index in [1.54, 1.807) is 0 Å². The number of piperazine rings is 1. The molecule has 1 aliphatic heterocycles. The van der Waals surface area contributed by atoms with Gasteiger partial charge in [-0.25, -0.2) is 0 Å². The van der Waals surface area contributed by atoms with Gasteiger partial charge >= 0.3 is 0 Å². The SMILES string of the molecule is CC1CC1N1CCNC(Cc2ccccc2)C1. The van der Waals surface area contributed by atoms with Gasteiger partial charge in [0.15, 0.2) is 0 Å². The van der Waals surface area contributed by atoms with Crippen molar-refractivity contribution < 1.29 is 0 Å². The van der Waals surface area contributed by atoms with Gasteiger partial charge in [0.1, 0.15) is 0 Å². The molecule has 3 unspecified atom stereocenters. The van der Waals surface area contributed by atoms with E-state index in [-0.39, 0.29) is 0 Å². The Bertz CT molecular complexity index is 362. The van der Waals surface area contributed by atoms with Gasteiger partial charge in [0.25, 0.3) is 0 Å². The number of hydrogen-bond acceptors (Lipinski definition) is 2. The van der Waals surface area contributed by atoms with Crippen LogP contribution in [0.25, 0.3) is 0 Å². The van der Waals surface area contributed by atoms with E-state index >= 15 is 0 Å². The molecule has 1 saturated carbocycles. The Morgan fingerprint density at radius 2 is 2.06 bits per heavy atom. The van der Waals surface area contributed by atoms with Crippen LogP contribution in [-0.4, -0.2) is 36.6 Å². The van der Waals surface area contributed by atoms with E-state index in [0.29, 0.717) is 6.04 Å². The minimum absolute atomic E-state index is 0.638. The zero-order valence-corrected chi connectivity index (χ0v) is 10.6. The zero-order chi connectivity index (χ0) is 11.7. The van der Waals surface area contributed by atoms with Crippen molar-refractivity contribution in [3.05, 3.63) is 35.9 Å². The number of benzene rings is 1. The van der Waals surface area contributed by atoms with Crippen LogP contribution in [0.5, 0.6) is 0 Å². The van der Waals surface area contributed by atoms with Gasteiger partial charge in [-0.3, -0.25) is 4.90 Å². The molecule has 92 valence electrons. The Kier molecular flexibility index (Phi) is 3.17. The number of hydrogen-bond donors (Lipinski definition) is 1. The fourth-order valence-corrected chi connectivity index (χ4v) is 3.00. The summed E-state index contributed by atoms with van der Waals surface area (Å²) >= 11 is 0. The van der Waals surface area contributed by atoms with Crippen LogP contribution in [-0.2, 0) is 6.42 Å². The molecule has 0 radical (unpaired) electrons. The second-order valence-electron chi connectivity index (χ2n) is 5.62. The van der Waals surface area contributed by atoms with Crippen molar-refractivity contribution in [2.45, 2.75) is 31.8 Å². The summed E-state index contributed by atoms with van der Waals surface area (Å²) in [5.74, 6) is 0.936. The van der Waals surface area contributed by atoms with Crippen LogP contribution in [0.3, 0.4) is 0 Å². The van der Waals surface area contributed by atoms with E-state index in [4.69, 9.17) is 0 Å². The molecule has 2 heteroatoms. The van der Waals surface area contributed by atoms with Crippen LogP contribution in [0.4, 0.5) is 0 Å². The molecule has 2 nitrogen and oxygen atoms in total. The highest BCUT2D eigenvalue weighted by Gasteiger charge is 2.39. The first-order chi connectivity index (χ1) is 8.33. The maximum atomic E-state index is 3.65. The summed E-state index contributed by atoms with van der Waals surface area (Å²) in [6.45, 7) is 5.99. The van der Waals surface area contributed by atoms with Gasteiger partial charge in [-0.2, -0.15) is 0 Å². The summed E-state index contributed by atoms with van der Waals surface area (Å²) < 4.78 is 0. The monoisotopic (exact) mass is 230 g/mol. The molecule has 1 aromatic rings. The molecule has 1 aliphatic carbocycles. The highest BCUT2D eigenvalue weighted by atomic mass is 15.2. The molecule has 3 rings (SSSR count). The summed E-state index contributed by atoms with van der Waals surface area (Å²) in [5.41, 5.74) is 1.45. The highest BCUT2D eigenvalue weighted by molar-refractivity contribution is 5.16. The molecule has 0 spiro atoms. The third kappa shape index (κ3) is 2.70. The van der Waals surface area contributed by atoms with Crippen LogP contribution in [0.2, 0.25) is 0 Å². The Labute approximate surface area is 104 Å². The van der Waals surface area contributed by atoms with Crippen molar-refractivity contribution in [1.29, 1.82) is 0 Å². The fraction of sp³-hybridized carbons (Fsp3) is 0.600. The zero-order valence-electron chi connectivity index (χ0n) is 10.6. The highest BCUT2D eigenvalue weighted by Crippen LogP contribution is 2.35. The normalized spacial score (nSPS) is 33.6. The summed E-state index contributed by atoms with van der Waals surface area (Å²) in [5, 5.41) is 3.65. The Hall–Kier alpha value is -0.860. The number of nitrogens with zero attached hydrogens (tertiary/aromatic N) is 1. The smallest absolute Gasteiger partial charge is 0.0236 e. The molecule has 1 aromatic carbocycles. The van der Waals surface area contributed by atoms with Crippen molar-refractivity contribution in [3.8, 4) is 0 Å². The van der Waals surface area contributed by atoms with Crippen molar-refractivity contribution in [2.24, 2.45) is 5.92 Å². The number of rotatable bonds is 3. The summed E-state index contributed by atoms with van der Waals surface area (Å²) in [6.07, 6.45) is 2.58. The minimum Gasteiger partial charge on any atom is -0.311 e. The van der Waals surface area contributed by atoms with Crippen molar-refractivity contribution in [1.82, 2.24) is 10.2 Å². The van der Waals surface area contributed by atoms with Gasteiger partial charge < -0.3 is 5.32 Å². The maximum absolute atomic E-state index is 3.65. The molecule has 0 bridgehead atoms. The largest absolute Gasteiger partial charge is 0.311 e. The lowest BCUT2D eigenvalue weighted by atomic mass is 10.0. The molecule has 17 heavy (non-hydrogen) atoms. The Morgan fingerprint density at radius 3 is 2.76 bits per heavy atom. The quantitative estimate of drug-likeness (QED) is 0.853. The third-order valence-corrected chi connectivity index (χ3v) is 4.15. The first-order valence-electron chi connectivity index (χ1n) is 6.84. The van der Waals surface area contributed by atoms with E-state index in [0.717, 1.165) is 18.5 Å². The van der Waals surface area contributed by atoms with Gasteiger partial charge in [-0.1, -0.05) is 37.3 Å². The molecule has 3 atom stereocenters. The average Bonchev–Trinajstić information content (AvgIpc) is 3.08. The predicted molar refractivity (Wildman–Crippen MR) is 71.1 cm³/mol. The lowest BCUT2D eigenvalue weighted by Crippen LogP contribution is -2.52. The van der Waals surface area contributed by atoms with Gasteiger partial charge in [-0.05, 0) is 24.3 Å². The van der Waals surface area contributed by atoms with Crippen LogP contribution in [0.15, 0.2) is 30.3 Å². The van der Waals surface area contributed by atoms with E-state index in [1.165, 1.54) is 31.5 Å².